The van der Waals surface area contributed by atoms with Crippen molar-refractivity contribution in [1.29, 1.82) is 0 Å². The van der Waals surface area contributed by atoms with Crippen molar-refractivity contribution in [3.63, 3.8) is 0 Å². The van der Waals surface area contributed by atoms with E-state index in [2.05, 4.69) is 21.3 Å². The molecule has 2 unspecified atom stereocenters. The number of esters is 8. The number of amides is 4. The molecule has 0 spiro atoms. The van der Waals surface area contributed by atoms with Gasteiger partial charge < -0.3 is 71.1 Å². The van der Waals surface area contributed by atoms with Gasteiger partial charge in [0.2, 0.25) is 0 Å². The number of carbonyl (C=O) groups is 12. The maximum atomic E-state index is 12.8. The number of anilines is 4. The third-order valence-corrected chi connectivity index (χ3v) is 19.1. The molecule has 0 aromatic heterocycles. The molecule has 8 aromatic carbocycles. The summed E-state index contributed by atoms with van der Waals surface area (Å²) in [5.41, 5.74) is 12.6. The van der Waals surface area contributed by atoms with Gasteiger partial charge in [0, 0.05) is 48.4 Å². The molecule has 672 valence electrons. The molecule has 2 aliphatic heterocycles. The lowest BCUT2D eigenvalue weighted by Crippen LogP contribution is -2.18. The normalized spacial score (nSPS) is 12.8. The van der Waals surface area contributed by atoms with Crippen molar-refractivity contribution in [3.05, 3.63) is 261 Å². The smallest absolute Gasteiger partial charge is 0.419 e. The molecule has 2 fully saturated rings. The van der Waals surface area contributed by atoms with E-state index in [1.165, 1.54) is 0 Å². The summed E-state index contributed by atoms with van der Waals surface area (Å²) in [7, 11) is 0. The lowest BCUT2D eigenvalue weighted by atomic mass is 9.99. The van der Waals surface area contributed by atoms with E-state index in [1.807, 2.05) is 133 Å². The second-order valence-corrected chi connectivity index (χ2v) is 29.9. The molecule has 10 rings (SSSR count). The monoisotopic (exact) mass is 1750 g/mol. The second-order valence-electron chi connectivity index (χ2n) is 29.9. The summed E-state index contributed by atoms with van der Waals surface area (Å²) in [4.78, 5) is 150. The summed E-state index contributed by atoms with van der Waals surface area (Å²) >= 11 is 0. The summed E-state index contributed by atoms with van der Waals surface area (Å²) in [6.07, 6.45) is 1.91. The van der Waals surface area contributed by atoms with Crippen LogP contribution in [0.25, 0.3) is 0 Å². The van der Waals surface area contributed by atoms with Crippen molar-refractivity contribution in [1.82, 2.24) is 0 Å². The van der Waals surface area contributed by atoms with E-state index in [9.17, 15) is 57.5 Å². The van der Waals surface area contributed by atoms with Gasteiger partial charge in [-0.15, -0.1) is 0 Å². The van der Waals surface area contributed by atoms with Crippen LogP contribution >= 0.6 is 0 Å². The SMILES string of the molecule is O=C(CCCCC(=O)OCCOCCOC(=O)Nc1cccc(Cc2cccc(NC(=O)OCCCCOC(=O)Cc3cccc(Cc4cccc(NC(=O)OCC5CO5)c4)c3)c2)c1)OCCOCCOC(=O)CCCCC(=O)OC(=O)Nc1cccc(Cc2cccc(CC(=O)OCCOC(=O)Cc3cccc(Cc4cccc(CC(=O)OCC5CO5)c4)c3)c2)c1. The largest absolute Gasteiger partial charge is 0.465 e. The number of benzene rings is 8. The molecular weight excluding hydrogens is 1640 g/mol. The minimum atomic E-state index is -0.968. The highest BCUT2D eigenvalue weighted by atomic mass is 16.6. The molecule has 2 atom stereocenters. The first-order valence-corrected chi connectivity index (χ1v) is 42.3. The number of carbonyl (C=O) groups excluding carboxylic acids is 12. The molecule has 0 saturated carbocycles. The summed E-state index contributed by atoms with van der Waals surface area (Å²) in [6, 6.07) is 59.3. The molecule has 2 saturated heterocycles. The lowest BCUT2D eigenvalue weighted by Gasteiger charge is -2.11. The minimum Gasteiger partial charge on any atom is -0.465 e. The zero-order chi connectivity index (χ0) is 89.4. The van der Waals surface area contributed by atoms with Gasteiger partial charge in [0.1, 0.15) is 65.1 Å². The molecule has 4 N–H and O–H groups in total. The predicted octanol–water partition coefficient (Wildman–Crippen LogP) is 13.6. The molecular formula is C96H106N4O27. The highest BCUT2D eigenvalue weighted by molar-refractivity contribution is 5.93. The Kier molecular flexibility index (Phi) is 40.6. The van der Waals surface area contributed by atoms with Crippen LogP contribution in [-0.2, 0) is 161 Å². The van der Waals surface area contributed by atoms with Crippen molar-refractivity contribution in [2.24, 2.45) is 0 Å². The Hall–Kier alpha value is -13.4. The number of nitrogens with one attached hydrogen (secondary N) is 4. The molecule has 0 bridgehead atoms. The second kappa shape index (κ2) is 53.7. The Morgan fingerprint density at radius 3 is 0.835 bits per heavy atom. The maximum Gasteiger partial charge on any atom is 0.419 e. The molecule has 0 radical (unpaired) electrons. The Morgan fingerprint density at radius 2 is 0.488 bits per heavy atom. The van der Waals surface area contributed by atoms with Crippen molar-refractivity contribution < 1.29 is 129 Å². The van der Waals surface area contributed by atoms with E-state index in [4.69, 9.17) is 71.1 Å². The Balaban J connectivity index is 0.469. The van der Waals surface area contributed by atoms with Crippen molar-refractivity contribution in [2.75, 3.05) is 127 Å². The molecule has 2 aliphatic rings. The number of ether oxygens (including phenoxy) is 15. The van der Waals surface area contributed by atoms with Crippen molar-refractivity contribution >= 4 is 94.9 Å². The quantitative estimate of drug-likeness (QED) is 0.00904. The fourth-order valence-corrected chi connectivity index (χ4v) is 12.9. The average Bonchev–Trinajstić information content (AvgIpc) is 1.53. The van der Waals surface area contributed by atoms with Crippen LogP contribution in [0.3, 0.4) is 0 Å². The number of hydrogen-bond acceptors (Lipinski definition) is 27. The highest BCUT2D eigenvalue weighted by Gasteiger charge is 2.26. The van der Waals surface area contributed by atoms with Crippen LogP contribution < -0.4 is 21.3 Å². The van der Waals surface area contributed by atoms with Gasteiger partial charge in [-0.2, -0.15) is 0 Å². The van der Waals surface area contributed by atoms with Gasteiger partial charge in [-0.05, 0) is 180 Å². The van der Waals surface area contributed by atoms with Crippen LogP contribution in [0.2, 0.25) is 0 Å². The maximum absolute atomic E-state index is 12.8. The van der Waals surface area contributed by atoms with Gasteiger partial charge in [0.25, 0.3) is 0 Å². The molecule has 31 nitrogen and oxygen atoms in total. The first-order valence-electron chi connectivity index (χ1n) is 42.3. The Morgan fingerprint density at radius 1 is 0.244 bits per heavy atom. The number of hydrogen-bond donors (Lipinski definition) is 4. The third kappa shape index (κ3) is 40.4. The molecule has 2 heterocycles. The van der Waals surface area contributed by atoms with Crippen LogP contribution in [0.1, 0.15) is 131 Å². The highest BCUT2D eigenvalue weighted by Crippen LogP contribution is 2.24. The van der Waals surface area contributed by atoms with E-state index in [0.29, 0.717) is 99.3 Å². The summed E-state index contributed by atoms with van der Waals surface area (Å²) in [5.74, 6) is -3.86. The Labute approximate surface area is 735 Å². The van der Waals surface area contributed by atoms with Crippen LogP contribution in [0.4, 0.5) is 41.9 Å². The van der Waals surface area contributed by atoms with Crippen molar-refractivity contribution in [3.8, 4) is 0 Å². The lowest BCUT2D eigenvalue weighted by molar-refractivity contribution is -0.151. The predicted molar refractivity (Wildman–Crippen MR) is 462 cm³/mol. The fourth-order valence-electron chi connectivity index (χ4n) is 12.9. The zero-order valence-electron chi connectivity index (χ0n) is 70.7. The molecule has 127 heavy (non-hydrogen) atoms. The van der Waals surface area contributed by atoms with E-state index in [0.717, 1.165) is 61.2 Å². The van der Waals surface area contributed by atoms with Gasteiger partial charge in [-0.3, -0.25) is 59.6 Å². The average molecular weight is 1750 g/mol. The summed E-state index contributed by atoms with van der Waals surface area (Å²) in [5, 5.41) is 10.7. The van der Waals surface area contributed by atoms with Gasteiger partial charge in [-0.25, -0.2) is 19.2 Å². The van der Waals surface area contributed by atoms with E-state index >= 15 is 0 Å². The molecule has 0 aliphatic carbocycles. The fraction of sp³-hybridized carbons (Fsp3) is 0.375. The standard InChI is InChI=1S/C96H106N4O27/c101-85(31-1-2-32-86(102)118-43-39-114-40-44-122-94(110)98-80-28-13-26-74(57-80)54-73-25-12-27-79(56-73)97-93(109)121-36-6-5-35-115-89(105)59-75-19-9-17-69(52-75)48-71-23-11-29-81(55-71)99-95(111)126-66-84-64-124-84)116-41-37-113-38-42-117-87(103)33-3-4-34-88(104)127-96(112)100-82-30-14-24-72(58-82)49-70-18-10-21-77(53-70)61-91(107)120-46-45-119-90(106)60-76-20-7-15-67(50-76)47-68-16-8-22-78(51-68)62-92(108)125-65-83-63-123-83/h7-30,50-53,55-58,83-84H,1-6,31-49,54,59-66H2,(H,97,109)(H,98,110)(H,99,111)(H,100,112). The van der Waals surface area contributed by atoms with Gasteiger partial charge in [0.15, 0.2) is 0 Å². The van der Waals surface area contributed by atoms with Crippen molar-refractivity contribution in [2.45, 2.75) is 128 Å². The zero-order valence-corrected chi connectivity index (χ0v) is 70.7. The number of epoxide rings is 2. The first kappa shape index (κ1) is 95.9. The third-order valence-electron chi connectivity index (χ3n) is 19.1. The van der Waals surface area contributed by atoms with Crippen LogP contribution in [-0.4, -0.2) is 190 Å². The van der Waals surface area contributed by atoms with E-state index in [1.54, 1.807) is 60.7 Å². The number of rotatable bonds is 54. The minimum absolute atomic E-state index is 0.00880. The van der Waals surface area contributed by atoms with Crippen LogP contribution in [0.15, 0.2) is 194 Å². The molecule has 4 amide bonds. The molecule has 8 aromatic rings. The molecule has 31 heteroatoms. The first-order chi connectivity index (χ1) is 61.8. The van der Waals surface area contributed by atoms with E-state index in [-0.39, 0.29) is 174 Å². The summed E-state index contributed by atoms with van der Waals surface area (Å²) in [6.45, 7) is 1.85. The number of unbranched alkanes of at least 4 members (excludes halogenated alkanes) is 3. The summed E-state index contributed by atoms with van der Waals surface area (Å²) < 4.78 is 78.7. The topological polar surface area (TPSA) is 398 Å². The van der Waals surface area contributed by atoms with Gasteiger partial charge >= 0.3 is 72.1 Å². The Bertz CT molecular complexity index is 4970. The van der Waals surface area contributed by atoms with Crippen LogP contribution in [0.5, 0.6) is 0 Å². The van der Waals surface area contributed by atoms with Gasteiger partial charge in [-0.1, -0.05) is 146 Å². The van der Waals surface area contributed by atoms with E-state index < -0.39 is 60.2 Å². The van der Waals surface area contributed by atoms with Crippen LogP contribution in [0, 0.1) is 0 Å². The van der Waals surface area contributed by atoms with Gasteiger partial charge in [0.05, 0.1) is 78.5 Å².